The zero-order valence-electron chi connectivity index (χ0n) is 9.53. The summed E-state index contributed by atoms with van der Waals surface area (Å²) in [6, 6.07) is 5.04. The minimum atomic E-state index is -0.186. The van der Waals surface area contributed by atoms with E-state index in [2.05, 4.69) is 15.3 Å². The Balaban J connectivity index is 1.87. The number of aromatic nitrogens is 2. The van der Waals surface area contributed by atoms with Crippen molar-refractivity contribution in [2.24, 2.45) is 0 Å². The van der Waals surface area contributed by atoms with Gasteiger partial charge >= 0.3 is 0 Å². The number of hydrogen-bond donors (Lipinski definition) is 1. The molecule has 5 heteroatoms. The van der Waals surface area contributed by atoms with Crippen molar-refractivity contribution in [3.63, 3.8) is 0 Å². The summed E-state index contributed by atoms with van der Waals surface area (Å²) in [5.41, 5.74) is 2.17. The molecule has 0 radical (unpaired) electrons. The van der Waals surface area contributed by atoms with E-state index in [9.17, 15) is 4.39 Å². The molecule has 18 heavy (non-hydrogen) atoms. The smallest absolute Gasteiger partial charge is 0.148 e. The average molecular weight is 264 g/mol. The van der Waals surface area contributed by atoms with Gasteiger partial charge in [0, 0.05) is 0 Å². The standard InChI is InChI=1S/C13H11ClFN3/c14-11-6-16-7-17-13(11)18-12-4-1-8-5-9(15)2-3-10(8)12/h2-3,5-7,12H,1,4H2,(H,16,17,18). The predicted molar refractivity (Wildman–Crippen MR) is 68.1 cm³/mol. The molecule has 1 aromatic carbocycles. The van der Waals surface area contributed by atoms with Gasteiger partial charge in [0.05, 0.1) is 12.2 Å². The largest absolute Gasteiger partial charge is 0.362 e. The average Bonchev–Trinajstić information content (AvgIpc) is 2.74. The predicted octanol–water partition coefficient (Wildman–Crippen LogP) is 3.37. The van der Waals surface area contributed by atoms with Crippen LogP contribution in [0.1, 0.15) is 23.6 Å². The van der Waals surface area contributed by atoms with Crippen molar-refractivity contribution in [2.45, 2.75) is 18.9 Å². The zero-order valence-corrected chi connectivity index (χ0v) is 10.3. The molecule has 1 heterocycles. The second-order valence-corrected chi connectivity index (χ2v) is 4.71. The Hall–Kier alpha value is -1.68. The SMILES string of the molecule is Fc1ccc2c(c1)CCC2Nc1ncncc1Cl. The fraction of sp³-hybridized carbons (Fsp3) is 0.231. The van der Waals surface area contributed by atoms with Crippen molar-refractivity contribution in [1.82, 2.24) is 9.97 Å². The van der Waals surface area contributed by atoms with Gasteiger partial charge in [-0.25, -0.2) is 14.4 Å². The van der Waals surface area contributed by atoms with Crippen molar-refractivity contribution >= 4 is 17.4 Å². The molecule has 3 rings (SSSR count). The van der Waals surface area contributed by atoms with E-state index >= 15 is 0 Å². The van der Waals surface area contributed by atoms with Crippen molar-refractivity contribution in [3.8, 4) is 0 Å². The van der Waals surface area contributed by atoms with Crippen LogP contribution in [0.5, 0.6) is 0 Å². The van der Waals surface area contributed by atoms with Gasteiger partial charge < -0.3 is 5.32 Å². The summed E-state index contributed by atoms with van der Waals surface area (Å²) in [6.07, 6.45) is 4.79. The molecular weight excluding hydrogens is 253 g/mol. The van der Waals surface area contributed by atoms with Gasteiger partial charge in [0.15, 0.2) is 0 Å². The molecule has 3 nitrogen and oxygen atoms in total. The monoisotopic (exact) mass is 263 g/mol. The van der Waals surface area contributed by atoms with Crippen LogP contribution in [0, 0.1) is 5.82 Å². The summed E-state index contributed by atoms with van der Waals surface area (Å²) in [5, 5.41) is 3.77. The lowest BCUT2D eigenvalue weighted by Crippen LogP contribution is -2.09. The molecule has 0 aliphatic heterocycles. The van der Waals surface area contributed by atoms with Gasteiger partial charge in [-0.05, 0) is 36.1 Å². The third-order valence-corrected chi connectivity index (χ3v) is 3.44. The molecule has 0 saturated carbocycles. The maximum atomic E-state index is 13.1. The lowest BCUT2D eigenvalue weighted by Gasteiger charge is -2.15. The number of rotatable bonds is 2. The van der Waals surface area contributed by atoms with Crippen LogP contribution in [-0.2, 0) is 6.42 Å². The second kappa shape index (κ2) is 4.53. The summed E-state index contributed by atoms with van der Waals surface area (Å²) < 4.78 is 13.1. The highest BCUT2D eigenvalue weighted by Crippen LogP contribution is 2.34. The van der Waals surface area contributed by atoms with Crippen molar-refractivity contribution < 1.29 is 4.39 Å². The number of fused-ring (bicyclic) bond motifs is 1. The first-order valence-corrected chi connectivity index (χ1v) is 6.12. The van der Waals surface area contributed by atoms with E-state index in [1.807, 2.05) is 6.07 Å². The minimum absolute atomic E-state index is 0.132. The Bertz CT molecular complexity index is 588. The number of aryl methyl sites for hydroxylation is 1. The molecule has 0 saturated heterocycles. The van der Waals surface area contributed by atoms with Crippen LogP contribution in [0.4, 0.5) is 10.2 Å². The molecule has 0 amide bonds. The molecule has 2 aromatic rings. The third-order valence-electron chi connectivity index (χ3n) is 3.16. The molecule has 1 unspecified atom stereocenters. The Kier molecular flexibility index (Phi) is 2.88. The van der Waals surface area contributed by atoms with Gasteiger partial charge in [-0.3, -0.25) is 0 Å². The Morgan fingerprint density at radius 2 is 2.28 bits per heavy atom. The molecule has 0 spiro atoms. The first-order chi connectivity index (χ1) is 8.74. The lowest BCUT2D eigenvalue weighted by atomic mass is 10.1. The number of nitrogens with zero attached hydrogens (tertiary/aromatic N) is 2. The van der Waals surface area contributed by atoms with Gasteiger partial charge in [-0.15, -0.1) is 0 Å². The highest BCUT2D eigenvalue weighted by atomic mass is 35.5. The first-order valence-electron chi connectivity index (χ1n) is 5.74. The molecule has 1 N–H and O–H groups in total. The van der Waals surface area contributed by atoms with E-state index in [1.165, 1.54) is 12.4 Å². The molecular formula is C13H11ClFN3. The lowest BCUT2D eigenvalue weighted by molar-refractivity contribution is 0.626. The maximum Gasteiger partial charge on any atom is 0.148 e. The van der Waals surface area contributed by atoms with E-state index < -0.39 is 0 Å². The van der Waals surface area contributed by atoms with Gasteiger partial charge in [0.2, 0.25) is 0 Å². The third kappa shape index (κ3) is 2.04. The van der Waals surface area contributed by atoms with Crippen molar-refractivity contribution in [2.75, 3.05) is 5.32 Å². The van der Waals surface area contributed by atoms with E-state index in [0.29, 0.717) is 10.8 Å². The second-order valence-electron chi connectivity index (χ2n) is 4.30. The Labute approximate surface area is 109 Å². The zero-order chi connectivity index (χ0) is 12.5. The number of halogens is 2. The summed E-state index contributed by atoms with van der Waals surface area (Å²) in [7, 11) is 0. The van der Waals surface area contributed by atoms with E-state index in [0.717, 1.165) is 24.0 Å². The van der Waals surface area contributed by atoms with E-state index in [-0.39, 0.29) is 11.9 Å². The maximum absolute atomic E-state index is 13.1. The van der Waals surface area contributed by atoms with E-state index in [1.54, 1.807) is 12.3 Å². The van der Waals surface area contributed by atoms with Crippen LogP contribution in [0.15, 0.2) is 30.7 Å². The molecule has 0 bridgehead atoms. The molecule has 1 aliphatic carbocycles. The minimum Gasteiger partial charge on any atom is -0.362 e. The topological polar surface area (TPSA) is 37.8 Å². The Morgan fingerprint density at radius 3 is 3.11 bits per heavy atom. The van der Waals surface area contributed by atoms with Gasteiger partial charge in [-0.2, -0.15) is 0 Å². The van der Waals surface area contributed by atoms with Gasteiger partial charge in [0.1, 0.15) is 23.0 Å². The van der Waals surface area contributed by atoms with Crippen LogP contribution < -0.4 is 5.32 Å². The first kappa shape index (κ1) is 11.4. The highest BCUT2D eigenvalue weighted by Gasteiger charge is 2.23. The summed E-state index contributed by atoms with van der Waals surface area (Å²) in [5.74, 6) is 0.434. The van der Waals surface area contributed by atoms with Crippen LogP contribution >= 0.6 is 11.6 Å². The van der Waals surface area contributed by atoms with Crippen molar-refractivity contribution in [3.05, 3.63) is 52.7 Å². The fourth-order valence-corrected chi connectivity index (χ4v) is 2.48. The fourth-order valence-electron chi connectivity index (χ4n) is 2.32. The van der Waals surface area contributed by atoms with Gasteiger partial charge in [0.25, 0.3) is 0 Å². The number of nitrogens with one attached hydrogen (secondary N) is 1. The number of hydrogen-bond acceptors (Lipinski definition) is 3. The number of benzene rings is 1. The van der Waals surface area contributed by atoms with Crippen LogP contribution in [-0.4, -0.2) is 9.97 Å². The molecule has 1 aliphatic rings. The molecule has 1 atom stereocenters. The molecule has 92 valence electrons. The quantitative estimate of drug-likeness (QED) is 0.903. The summed E-state index contributed by atoms with van der Waals surface area (Å²) in [6.45, 7) is 0. The molecule has 1 aromatic heterocycles. The summed E-state index contributed by atoms with van der Waals surface area (Å²) >= 11 is 6.01. The normalized spacial score (nSPS) is 17.6. The summed E-state index contributed by atoms with van der Waals surface area (Å²) in [4.78, 5) is 7.95. The molecule has 0 fully saturated rings. The van der Waals surface area contributed by atoms with Crippen molar-refractivity contribution in [1.29, 1.82) is 0 Å². The Morgan fingerprint density at radius 1 is 1.39 bits per heavy atom. The van der Waals surface area contributed by atoms with Gasteiger partial charge in [-0.1, -0.05) is 17.7 Å². The van der Waals surface area contributed by atoms with Crippen LogP contribution in [0.2, 0.25) is 5.02 Å². The highest BCUT2D eigenvalue weighted by molar-refractivity contribution is 6.32. The van der Waals surface area contributed by atoms with Crippen LogP contribution in [0.3, 0.4) is 0 Å². The number of anilines is 1. The van der Waals surface area contributed by atoms with E-state index in [4.69, 9.17) is 11.6 Å². The van der Waals surface area contributed by atoms with Crippen LogP contribution in [0.25, 0.3) is 0 Å².